The first-order valence-corrected chi connectivity index (χ1v) is 9.99. The van der Waals surface area contributed by atoms with Crippen LogP contribution in [-0.4, -0.2) is 44.4 Å². The predicted octanol–water partition coefficient (Wildman–Crippen LogP) is 2.05. The van der Waals surface area contributed by atoms with E-state index in [4.69, 9.17) is 4.74 Å². The van der Waals surface area contributed by atoms with Crippen LogP contribution in [0, 0.1) is 0 Å². The topological polar surface area (TPSA) is 102 Å². The SMILES string of the molecule is COCCNS(=O)(=O)c1ccc(C(=O)Nc2ccn(-c3ccccc3)n2)cc1. The lowest BCUT2D eigenvalue weighted by Gasteiger charge is -2.07. The summed E-state index contributed by atoms with van der Waals surface area (Å²) >= 11 is 0. The van der Waals surface area contributed by atoms with Gasteiger partial charge in [-0.05, 0) is 36.4 Å². The summed E-state index contributed by atoms with van der Waals surface area (Å²) < 4.78 is 33.2. The van der Waals surface area contributed by atoms with E-state index in [1.807, 2.05) is 30.3 Å². The number of amides is 1. The van der Waals surface area contributed by atoms with Crippen LogP contribution in [0.2, 0.25) is 0 Å². The Labute approximate surface area is 163 Å². The van der Waals surface area contributed by atoms with E-state index in [9.17, 15) is 13.2 Å². The van der Waals surface area contributed by atoms with Gasteiger partial charge in [0, 0.05) is 31.5 Å². The van der Waals surface area contributed by atoms with E-state index >= 15 is 0 Å². The van der Waals surface area contributed by atoms with Crippen molar-refractivity contribution < 1.29 is 17.9 Å². The van der Waals surface area contributed by atoms with Gasteiger partial charge in [-0.25, -0.2) is 17.8 Å². The predicted molar refractivity (Wildman–Crippen MR) is 105 cm³/mol. The van der Waals surface area contributed by atoms with Crippen molar-refractivity contribution in [1.29, 1.82) is 0 Å². The number of nitrogens with one attached hydrogen (secondary N) is 2. The second-order valence-corrected chi connectivity index (χ2v) is 7.62. The molecular formula is C19H20N4O4S. The van der Waals surface area contributed by atoms with Crippen molar-refractivity contribution in [3.63, 3.8) is 0 Å². The molecule has 3 aromatic rings. The highest BCUT2D eigenvalue weighted by Gasteiger charge is 2.15. The van der Waals surface area contributed by atoms with Gasteiger partial charge in [0.1, 0.15) is 0 Å². The molecule has 28 heavy (non-hydrogen) atoms. The fourth-order valence-electron chi connectivity index (χ4n) is 2.45. The fourth-order valence-corrected chi connectivity index (χ4v) is 3.46. The third-order valence-corrected chi connectivity index (χ3v) is 5.35. The van der Waals surface area contributed by atoms with Crippen LogP contribution >= 0.6 is 0 Å². The van der Waals surface area contributed by atoms with Crippen molar-refractivity contribution in [3.05, 3.63) is 72.4 Å². The van der Waals surface area contributed by atoms with Gasteiger partial charge in [-0.15, -0.1) is 0 Å². The van der Waals surface area contributed by atoms with Crippen molar-refractivity contribution in [1.82, 2.24) is 14.5 Å². The molecule has 1 aromatic heterocycles. The number of ether oxygens (including phenoxy) is 1. The number of methoxy groups -OCH3 is 1. The Morgan fingerprint density at radius 2 is 1.79 bits per heavy atom. The van der Waals surface area contributed by atoms with Crippen LogP contribution in [0.3, 0.4) is 0 Å². The van der Waals surface area contributed by atoms with Gasteiger partial charge in [0.2, 0.25) is 10.0 Å². The van der Waals surface area contributed by atoms with Gasteiger partial charge in [0.05, 0.1) is 17.2 Å². The van der Waals surface area contributed by atoms with Gasteiger partial charge in [-0.1, -0.05) is 18.2 Å². The molecule has 0 fully saturated rings. The lowest BCUT2D eigenvalue weighted by Crippen LogP contribution is -2.27. The molecule has 8 nitrogen and oxygen atoms in total. The molecule has 9 heteroatoms. The van der Waals surface area contributed by atoms with E-state index in [2.05, 4.69) is 15.1 Å². The highest BCUT2D eigenvalue weighted by Crippen LogP contribution is 2.14. The zero-order chi connectivity index (χ0) is 20.0. The number of anilines is 1. The molecule has 0 aliphatic heterocycles. The van der Waals surface area contributed by atoms with Gasteiger partial charge < -0.3 is 10.1 Å². The molecule has 0 radical (unpaired) electrons. The highest BCUT2D eigenvalue weighted by molar-refractivity contribution is 7.89. The summed E-state index contributed by atoms with van der Waals surface area (Å²) in [6, 6.07) is 16.9. The largest absolute Gasteiger partial charge is 0.383 e. The minimum absolute atomic E-state index is 0.0773. The molecule has 1 heterocycles. The number of sulfonamides is 1. The zero-order valence-corrected chi connectivity index (χ0v) is 16.0. The number of hydrogen-bond donors (Lipinski definition) is 2. The molecule has 0 spiro atoms. The minimum atomic E-state index is -3.64. The number of nitrogens with zero attached hydrogens (tertiary/aromatic N) is 2. The van der Waals surface area contributed by atoms with Crippen LogP contribution in [0.1, 0.15) is 10.4 Å². The highest BCUT2D eigenvalue weighted by atomic mass is 32.2. The van der Waals surface area contributed by atoms with Gasteiger partial charge in [0.25, 0.3) is 5.91 Å². The molecule has 0 atom stereocenters. The van der Waals surface area contributed by atoms with E-state index in [0.717, 1.165) is 5.69 Å². The lowest BCUT2D eigenvalue weighted by atomic mass is 10.2. The zero-order valence-electron chi connectivity index (χ0n) is 15.2. The van der Waals surface area contributed by atoms with Crippen molar-refractivity contribution in [2.45, 2.75) is 4.90 Å². The fraction of sp³-hybridized carbons (Fsp3) is 0.158. The van der Waals surface area contributed by atoms with Crippen LogP contribution in [0.5, 0.6) is 0 Å². The molecule has 0 saturated heterocycles. The Hall–Kier alpha value is -3.01. The normalized spacial score (nSPS) is 11.3. The average Bonchev–Trinajstić information content (AvgIpc) is 3.17. The van der Waals surface area contributed by atoms with Crippen molar-refractivity contribution in [3.8, 4) is 5.69 Å². The average molecular weight is 400 g/mol. The van der Waals surface area contributed by atoms with E-state index in [1.54, 1.807) is 16.9 Å². The van der Waals surface area contributed by atoms with Crippen LogP contribution in [0.4, 0.5) is 5.82 Å². The third kappa shape index (κ3) is 4.83. The van der Waals surface area contributed by atoms with Crippen LogP contribution < -0.4 is 10.0 Å². The smallest absolute Gasteiger partial charge is 0.256 e. The Morgan fingerprint density at radius 3 is 2.46 bits per heavy atom. The Morgan fingerprint density at radius 1 is 1.07 bits per heavy atom. The number of carbonyl (C=O) groups excluding carboxylic acids is 1. The molecule has 0 bridgehead atoms. The summed E-state index contributed by atoms with van der Waals surface area (Å²) in [6.07, 6.45) is 1.74. The Kier molecular flexibility index (Phi) is 6.19. The molecule has 0 aliphatic carbocycles. The maximum Gasteiger partial charge on any atom is 0.256 e. The van der Waals surface area contributed by atoms with E-state index in [1.165, 1.54) is 31.4 Å². The molecule has 0 aliphatic rings. The minimum Gasteiger partial charge on any atom is -0.383 e. The standard InChI is InChI=1S/C19H20N4O4S/c1-27-14-12-20-28(25,26)17-9-7-15(8-10-17)19(24)21-18-11-13-23(22-18)16-5-3-2-4-6-16/h2-11,13,20H,12,14H2,1H3,(H,21,22,24). The van der Waals surface area contributed by atoms with Crippen LogP contribution in [0.15, 0.2) is 71.8 Å². The maximum absolute atomic E-state index is 12.4. The van der Waals surface area contributed by atoms with Gasteiger partial charge in [-0.3, -0.25) is 4.79 Å². The Balaban J connectivity index is 1.66. The third-order valence-electron chi connectivity index (χ3n) is 3.88. The summed E-state index contributed by atoms with van der Waals surface area (Å²) in [6.45, 7) is 0.445. The number of rotatable bonds is 8. The number of carbonyl (C=O) groups is 1. The molecule has 1 amide bonds. The first-order chi connectivity index (χ1) is 13.5. The molecule has 2 aromatic carbocycles. The first kappa shape index (κ1) is 19.7. The second-order valence-electron chi connectivity index (χ2n) is 5.85. The molecule has 3 rings (SSSR count). The summed E-state index contributed by atoms with van der Waals surface area (Å²) in [5.41, 5.74) is 1.20. The van der Waals surface area contributed by atoms with Crippen molar-refractivity contribution in [2.75, 3.05) is 25.6 Å². The molecule has 146 valence electrons. The monoisotopic (exact) mass is 400 g/mol. The van der Waals surface area contributed by atoms with E-state index in [-0.39, 0.29) is 24.0 Å². The quantitative estimate of drug-likeness (QED) is 0.564. The van der Waals surface area contributed by atoms with Crippen molar-refractivity contribution in [2.24, 2.45) is 0 Å². The lowest BCUT2D eigenvalue weighted by molar-refractivity contribution is 0.102. The van der Waals surface area contributed by atoms with E-state index < -0.39 is 10.0 Å². The summed E-state index contributed by atoms with van der Waals surface area (Å²) in [5.74, 6) is 0.0152. The van der Waals surface area contributed by atoms with Gasteiger partial charge in [-0.2, -0.15) is 5.10 Å². The first-order valence-electron chi connectivity index (χ1n) is 8.51. The van der Waals surface area contributed by atoms with Crippen molar-refractivity contribution >= 4 is 21.7 Å². The number of para-hydroxylation sites is 1. The molecule has 0 unspecified atom stereocenters. The van der Waals surface area contributed by atoms with Gasteiger partial charge >= 0.3 is 0 Å². The van der Waals surface area contributed by atoms with Gasteiger partial charge in [0.15, 0.2) is 5.82 Å². The summed E-state index contributed by atoms with van der Waals surface area (Å²) in [7, 11) is -2.15. The number of hydrogen-bond acceptors (Lipinski definition) is 5. The number of benzene rings is 2. The molecule has 0 saturated carbocycles. The number of aromatic nitrogens is 2. The van der Waals surface area contributed by atoms with Crippen LogP contribution in [0.25, 0.3) is 5.69 Å². The van der Waals surface area contributed by atoms with Crippen LogP contribution in [-0.2, 0) is 14.8 Å². The summed E-state index contributed by atoms with van der Waals surface area (Å²) in [5, 5.41) is 7.01. The van der Waals surface area contributed by atoms with E-state index in [0.29, 0.717) is 11.4 Å². The maximum atomic E-state index is 12.4. The molecular weight excluding hydrogens is 380 g/mol. The second kappa shape index (κ2) is 8.79. The Bertz CT molecular complexity index is 1030. The molecule has 2 N–H and O–H groups in total. The summed E-state index contributed by atoms with van der Waals surface area (Å²) in [4.78, 5) is 12.5.